The Morgan fingerprint density at radius 2 is 1.10 bits per heavy atom. The number of aromatic nitrogens is 6. The molecule has 0 fully saturated rings. The van der Waals surface area contributed by atoms with Crippen LogP contribution in [0.5, 0.6) is 0 Å². The Bertz CT molecular complexity index is 2770. The first-order chi connectivity index (χ1) is 28.3. The van der Waals surface area contributed by atoms with Gasteiger partial charge in [0.25, 0.3) is 26.0 Å². The number of halogens is 10. The fraction of sp³-hybridized carbons (Fsp3) is 0.0909. The summed E-state index contributed by atoms with van der Waals surface area (Å²) < 4.78 is 132. The van der Waals surface area contributed by atoms with Crippen molar-refractivity contribution < 1.29 is 57.9 Å². The number of carbonyl (C=O) groups is 2. The van der Waals surface area contributed by atoms with Crippen LogP contribution in [0.2, 0.25) is 20.1 Å². The molecule has 1 amide bonds. The minimum absolute atomic E-state index is 0. The number of sulfonamides is 2. The van der Waals surface area contributed by atoms with Crippen LogP contribution in [0.25, 0.3) is 0 Å². The zero-order valence-corrected chi connectivity index (χ0v) is 34.1. The summed E-state index contributed by atoms with van der Waals surface area (Å²) in [6, 6.07) is 9.22. The van der Waals surface area contributed by atoms with E-state index in [2.05, 4.69) is 35.7 Å². The Morgan fingerprint density at radius 1 is 0.661 bits per heavy atom. The lowest BCUT2D eigenvalue weighted by Crippen LogP contribution is -2.20. The standard InChI is InChI=1S/C16H10Cl2F3N5O3S.C13H7Cl2F3N2O4S.C3H5N3.CH4/c17-8-5-12(14(22-7-8)15(27)24-13-3-4-23-25-13)26-30(28,29)9-1-2-11(18)10(6-9)16(19,20)21;14-6-3-10(11(12(21)22)19-5-6)20-25(23,24)7-1-2-9(15)8(4-7)13(16,17)18;4-3-1-2-5-6-3;/h1-7,26H,(H2,23,24,25,27);1-5,20H,(H,21,22);1-2H,(H3,4,5,6);1H4. The third kappa shape index (κ3) is 13.6. The fourth-order valence-electron chi connectivity index (χ4n) is 4.34. The van der Waals surface area contributed by atoms with E-state index in [4.69, 9.17) is 57.2 Å². The lowest BCUT2D eigenvalue weighted by Gasteiger charge is -2.14. The van der Waals surface area contributed by atoms with Gasteiger partial charge in [0, 0.05) is 18.5 Å². The zero-order valence-electron chi connectivity index (χ0n) is 29.4. The summed E-state index contributed by atoms with van der Waals surface area (Å²) in [7, 11) is -9.11. The number of hydrogen-bond acceptors (Lipinski definition) is 11. The number of nitrogens with two attached hydrogens (primary N) is 1. The molecule has 0 saturated carbocycles. The number of amides is 1. The monoisotopic (exact) mass is 992 g/mol. The highest BCUT2D eigenvalue weighted by atomic mass is 35.5. The lowest BCUT2D eigenvalue weighted by atomic mass is 10.2. The number of nitrogens with one attached hydrogen (secondary N) is 5. The summed E-state index contributed by atoms with van der Waals surface area (Å²) in [5.74, 6) is -1.56. The number of anilines is 4. The molecule has 0 unspecified atom stereocenters. The molecule has 17 nitrogen and oxygen atoms in total. The zero-order chi connectivity index (χ0) is 45.5. The normalized spacial score (nSPS) is 11.5. The molecule has 0 radical (unpaired) electrons. The van der Waals surface area contributed by atoms with Crippen LogP contribution in [0.3, 0.4) is 0 Å². The van der Waals surface area contributed by atoms with Gasteiger partial charge in [0.1, 0.15) is 11.6 Å². The summed E-state index contributed by atoms with van der Waals surface area (Å²) in [5, 5.41) is 22.2. The van der Waals surface area contributed by atoms with Crippen LogP contribution in [0.1, 0.15) is 39.5 Å². The SMILES string of the molecule is C.Nc1ccn[nH]1.O=C(Nc1ccn[nH]1)c1ncc(Cl)cc1NS(=O)(=O)c1ccc(Cl)c(C(F)(F)F)c1.O=C(O)c1ncc(Cl)cc1NS(=O)(=O)c1ccc(Cl)c(C(F)(F)F)c1. The number of nitrogens with zero attached hydrogens (tertiary/aromatic N) is 4. The highest BCUT2D eigenvalue weighted by molar-refractivity contribution is 7.93. The number of benzene rings is 2. The Kier molecular flexibility index (Phi) is 16.6. The third-order valence-electron chi connectivity index (χ3n) is 6.99. The largest absolute Gasteiger partial charge is 0.476 e. The Labute approximate surface area is 366 Å². The topological polar surface area (TPSA) is 268 Å². The van der Waals surface area contributed by atoms with Gasteiger partial charge in [-0.15, -0.1) is 0 Å². The van der Waals surface area contributed by atoms with E-state index in [1.165, 1.54) is 12.3 Å². The number of nitrogen functional groups attached to an aromatic ring is 1. The predicted octanol–water partition coefficient (Wildman–Crippen LogP) is 8.72. The molecule has 0 aliphatic heterocycles. The van der Waals surface area contributed by atoms with Crippen molar-refractivity contribution in [1.82, 2.24) is 30.4 Å². The molecule has 6 aromatic rings. The Hall–Kier alpha value is -5.86. The molecular formula is C33H26Cl4F6N10O7S2. The number of H-pyrrole nitrogens is 2. The first-order valence-corrected chi connectivity index (χ1v) is 20.2. The molecule has 62 heavy (non-hydrogen) atoms. The molecule has 0 bridgehead atoms. The first kappa shape index (κ1) is 50.5. The van der Waals surface area contributed by atoms with Crippen molar-refractivity contribution in [2.24, 2.45) is 0 Å². The van der Waals surface area contributed by atoms with Gasteiger partial charge in [-0.3, -0.25) is 24.4 Å². The molecular weight excluding hydrogens is 968 g/mol. The van der Waals surface area contributed by atoms with Gasteiger partial charge < -0.3 is 16.2 Å². The summed E-state index contributed by atoms with van der Waals surface area (Å²) in [6.45, 7) is 0. The summed E-state index contributed by atoms with van der Waals surface area (Å²) >= 11 is 22.4. The van der Waals surface area contributed by atoms with Crippen LogP contribution in [-0.2, 0) is 32.4 Å². The van der Waals surface area contributed by atoms with Crippen LogP contribution in [0.4, 0.5) is 49.4 Å². The van der Waals surface area contributed by atoms with E-state index in [1.54, 1.807) is 12.3 Å². The van der Waals surface area contributed by atoms with Gasteiger partial charge in [-0.05, 0) is 54.6 Å². The molecule has 0 saturated heterocycles. The third-order valence-corrected chi connectivity index (χ3v) is 10.8. The van der Waals surface area contributed by atoms with Gasteiger partial charge in [-0.2, -0.15) is 36.5 Å². The van der Waals surface area contributed by atoms with Crippen molar-refractivity contribution in [2.45, 2.75) is 29.6 Å². The van der Waals surface area contributed by atoms with E-state index in [-0.39, 0.29) is 34.7 Å². The average molecular weight is 995 g/mol. The van der Waals surface area contributed by atoms with Crippen molar-refractivity contribution in [3.63, 3.8) is 0 Å². The quantitative estimate of drug-likeness (QED) is 0.0671. The maximum Gasteiger partial charge on any atom is 0.417 e. The van der Waals surface area contributed by atoms with Crippen molar-refractivity contribution in [2.75, 3.05) is 20.5 Å². The maximum atomic E-state index is 13.1. The molecule has 0 atom stereocenters. The molecule has 0 spiro atoms. The number of carboxylic acid groups (broad SMARTS) is 1. The summed E-state index contributed by atoms with van der Waals surface area (Å²) in [4.78, 5) is 29.3. The number of alkyl halides is 6. The summed E-state index contributed by atoms with van der Waals surface area (Å²) in [6.07, 6.45) is -4.68. The van der Waals surface area contributed by atoms with Crippen LogP contribution in [0, 0.1) is 0 Å². The summed E-state index contributed by atoms with van der Waals surface area (Å²) in [5.41, 5.74) is 0.604. The highest BCUT2D eigenvalue weighted by Gasteiger charge is 2.36. The lowest BCUT2D eigenvalue weighted by molar-refractivity contribution is -0.138. The Morgan fingerprint density at radius 3 is 1.47 bits per heavy atom. The van der Waals surface area contributed by atoms with E-state index >= 15 is 0 Å². The number of hydrogen-bond donors (Lipinski definition) is 7. The van der Waals surface area contributed by atoms with Gasteiger partial charge in [-0.1, -0.05) is 53.8 Å². The van der Waals surface area contributed by atoms with Crippen molar-refractivity contribution in [3.05, 3.63) is 128 Å². The number of aromatic carboxylic acids is 1. The smallest absolute Gasteiger partial charge is 0.417 e. The molecule has 332 valence electrons. The van der Waals surface area contributed by atoms with Gasteiger partial charge >= 0.3 is 18.3 Å². The van der Waals surface area contributed by atoms with Crippen molar-refractivity contribution in [3.8, 4) is 0 Å². The molecule has 8 N–H and O–H groups in total. The molecule has 2 aromatic carbocycles. The molecule has 29 heteroatoms. The van der Waals surface area contributed by atoms with Gasteiger partial charge in [0.15, 0.2) is 11.4 Å². The highest BCUT2D eigenvalue weighted by Crippen LogP contribution is 2.38. The molecule has 6 rings (SSSR count). The number of pyridine rings is 2. The van der Waals surface area contributed by atoms with E-state index in [0.29, 0.717) is 18.0 Å². The number of rotatable bonds is 9. The van der Waals surface area contributed by atoms with Gasteiger partial charge in [0.05, 0.1) is 64.8 Å². The second kappa shape index (κ2) is 20.3. The average Bonchev–Trinajstić information content (AvgIpc) is 3.85. The molecule has 4 heterocycles. The van der Waals surface area contributed by atoms with Crippen LogP contribution < -0.4 is 20.5 Å². The second-order valence-electron chi connectivity index (χ2n) is 11.3. The van der Waals surface area contributed by atoms with E-state index < -0.39 is 86.6 Å². The van der Waals surface area contributed by atoms with Crippen molar-refractivity contribution >= 4 is 101 Å². The predicted molar refractivity (Wildman–Crippen MR) is 216 cm³/mol. The fourth-order valence-corrected chi connectivity index (χ4v) is 7.28. The van der Waals surface area contributed by atoms with Crippen LogP contribution >= 0.6 is 46.4 Å². The Balaban J connectivity index is 0.000000290. The number of aromatic amines is 2. The number of carbonyl (C=O) groups excluding carboxylic acids is 1. The first-order valence-electron chi connectivity index (χ1n) is 15.7. The maximum absolute atomic E-state index is 13.1. The van der Waals surface area contributed by atoms with E-state index in [1.807, 2.05) is 9.44 Å². The minimum Gasteiger partial charge on any atom is -0.476 e. The van der Waals surface area contributed by atoms with Gasteiger partial charge in [-0.25, -0.2) is 31.6 Å². The van der Waals surface area contributed by atoms with Crippen LogP contribution in [0.15, 0.2) is 95.2 Å². The minimum atomic E-state index is -4.87. The van der Waals surface area contributed by atoms with Crippen LogP contribution in [-0.4, -0.2) is 64.2 Å². The van der Waals surface area contributed by atoms with Crippen molar-refractivity contribution in [1.29, 1.82) is 0 Å². The number of carboxylic acids is 1. The van der Waals surface area contributed by atoms with E-state index in [9.17, 15) is 52.8 Å². The van der Waals surface area contributed by atoms with Gasteiger partial charge in [0.2, 0.25) is 0 Å². The molecule has 0 aliphatic rings. The molecule has 0 aliphatic carbocycles. The second-order valence-corrected chi connectivity index (χ2v) is 16.4. The van der Waals surface area contributed by atoms with E-state index in [0.717, 1.165) is 48.8 Å². The molecule has 4 aromatic heterocycles.